The Balaban J connectivity index is 2.60. The first-order valence-electron chi connectivity index (χ1n) is 6.43. The molecule has 5 heteroatoms. The largest absolute Gasteiger partial charge is 0.326 e. The quantitative estimate of drug-likeness (QED) is 0.902. The average molecular weight is 260 g/mol. The van der Waals surface area contributed by atoms with E-state index in [1.807, 2.05) is 25.3 Å². The van der Waals surface area contributed by atoms with Gasteiger partial charge in [0.25, 0.3) is 5.56 Å². The lowest BCUT2D eigenvalue weighted by Gasteiger charge is -2.18. The Morgan fingerprint density at radius 1 is 1.32 bits per heavy atom. The molecule has 2 aromatic heterocycles. The molecule has 0 aliphatic heterocycles. The molecule has 1 N–H and O–H groups in total. The molecule has 0 radical (unpaired) electrons. The highest BCUT2D eigenvalue weighted by Gasteiger charge is 2.19. The first kappa shape index (κ1) is 13.5. The molecule has 0 saturated carbocycles. The molecule has 0 aliphatic rings. The van der Waals surface area contributed by atoms with Crippen molar-refractivity contribution in [1.82, 2.24) is 19.5 Å². The lowest BCUT2D eigenvalue weighted by molar-refractivity contribution is 0.564. The fourth-order valence-corrected chi connectivity index (χ4v) is 1.86. The summed E-state index contributed by atoms with van der Waals surface area (Å²) in [7, 11) is 0. The van der Waals surface area contributed by atoms with Crippen molar-refractivity contribution < 1.29 is 0 Å². The molecule has 0 spiro atoms. The van der Waals surface area contributed by atoms with Crippen LogP contribution in [0, 0.1) is 0 Å². The van der Waals surface area contributed by atoms with E-state index < -0.39 is 0 Å². The molecule has 19 heavy (non-hydrogen) atoms. The molecular weight excluding hydrogens is 240 g/mol. The molecule has 0 saturated heterocycles. The maximum absolute atomic E-state index is 11.8. The average Bonchev–Trinajstić information content (AvgIpc) is 2.75. The van der Waals surface area contributed by atoms with Crippen LogP contribution in [0.3, 0.4) is 0 Å². The molecule has 0 aromatic carbocycles. The Morgan fingerprint density at radius 3 is 2.58 bits per heavy atom. The van der Waals surface area contributed by atoms with Gasteiger partial charge >= 0.3 is 0 Å². The van der Waals surface area contributed by atoms with Gasteiger partial charge in [-0.15, -0.1) is 0 Å². The van der Waals surface area contributed by atoms with Gasteiger partial charge in [-0.2, -0.15) is 0 Å². The smallest absolute Gasteiger partial charge is 0.251 e. The second kappa shape index (κ2) is 4.64. The van der Waals surface area contributed by atoms with Crippen LogP contribution in [0.25, 0.3) is 11.5 Å². The monoisotopic (exact) mass is 260 g/mol. The van der Waals surface area contributed by atoms with Crippen LogP contribution in [0.5, 0.6) is 0 Å². The van der Waals surface area contributed by atoms with E-state index >= 15 is 0 Å². The summed E-state index contributed by atoms with van der Waals surface area (Å²) in [5.74, 6) is 0.573. The van der Waals surface area contributed by atoms with Crippen LogP contribution in [0.4, 0.5) is 0 Å². The molecule has 0 amide bonds. The summed E-state index contributed by atoms with van der Waals surface area (Å²) in [6.07, 6.45) is 3.48. The van der Waals surface area contributed by atoms with Crippen molar-refractivity contribution in [2.75, 3.05) is 0 Å². The van der Waals surface area contributed by atoms with Crippen LogP contribution >= 0.6 is 0 Å². The number of nitrogens with one attached hydrogen (secondary N) is 1. The van der Waals surface area contributed by atoms with E-state index in [1.165, 1.54) is 0 Å². The van der Waals surface area contributed by atoms with Crippen molar-refractivity contribution in [3.05, 3.63) is 34.6 Å². The lowest BCUT2D eigenvalue weighted by Crippen LogP contribution is -2.20. The predicted molar refractivity (Wildman–Crippen MR) is 75.2 cm³/mol. The molecule has 0 aliphatic carbocycles. The number of hydrogen-bond donors (Lipinski definition) is 1. The SMILES string of the molecule is CC(C)n1cncc1-c1nc(C(C)(C)C)cc(=O)[nH]1. The Kier molecular flexibility index (Phi) is 3.30. The summed E-state index contributed by atoms with van der Waals surface area (Å²) in [4.78, 5) is 23.3. The number of aromatic amines is 1. The van der Waals surface area contributed by atoms with E-state index in [4.69, 9.17) is 0 Å². The number of nitrogens with zero attached hydrogens (tertiary/aromatic N) is 3. The van der Waals surface area contributed by atoms with E-state index in [0.717, 1.165) is 11.4 Å². The van der Waals surface area contributed by atoms with E-state index in [9.17, 15) is 4.79 Å². The van der Waals surface area contributed by atoms with Gasteiger partial charge in [0.05, 0.1) is 18.2 Å². The van der Waals surface area contributed by atoms with Crippen LogP contribution < -0.4 is 5.56 Å². The molecular formula is C14H20N4O. The fraction of sp³-hybridized carbons (Fsp3) is 0.500. The van der Waals surface area contributed by atoms with E-state index in [1.54, 1.807) is 18.6 Å². The highest BCUT2D eigenvalue weighted by Crippen LogP contribution is 2.22. The molecule has 102 valence electrons. The zero-order valence-electron chi connectivity index (χ0n) is 12.1. The summed E-state index contributed by atoms with van der Waals surface area (Å²) in [6.45, 7) is 10.3. The van der Waals surface area contributed by atoms with Gasteiger partial charge in [-0.25, -0.2) is 9.97 Å². The summed E-state index contributed by atoms with van der Waals surface area (Å²) < 4.78 is 1.99. The second-order valence-corrected chi connectivity index (χ2v) is 6.01. The van der Waals surface area contributed by atoms with Crippen molar-refractivity contribution in [1.29, 1.82) is 0 Å². The number of hydrogen-bond acceptors (Lipinski definition) is 3. The zero-order valence-corrected chi connectivity index (χ0v) is 12.1. The Hall–Kier alpha value is -1.91. The van der Waals surface area contributed by atoms with Gasteiger partial charge in [-0.1, -0.05) is 20.8 Å². The van der Waals surface area contributed by atoms with Gasteiger partial charge in [0, 0.05) is 17.5 Å². The number of rotatable bonds is 2. The molecule has 0 unspecified atom stereocenters. The third-order valence-corrected chi connectivity index (χ3v) is 2.98. The van der Waals surface area contributed by atoms with Crippen LogP contribution in [0.15, 0.2) is 23.4 Å². The first-order valence-corrected chi connectivity index (χ1v) is 6.43. The normalized spacial score (nSPS) is 12.1. The minimum Gasteiger partial charge on any atom is -0.326 e. The summed E-state index contributed by atoms with van der Waals surface area (Å²) >= 11 is 0. The summed E-state index contributed by atoms with van der Waals surface area (Å²) in [5, 5.41) is 0. The lowest BCUT2D eigenvalue weighted by atomic mass is 9.92. The minimum atomic E-state index is -0.161. The molecule has 0 fully saturated rings. The molecule has 0 bridgehead atoms. The zero-order chi connectivity index (χ0) is 14.2. The van der Waals surface area contributed by atoms with Gasteiger partial charge in [0.1, 0.15) is 5.69 Å². The summed E-state index contributed by atoms with van der Waals surface area (Å²) in [5.41, 5.74) is 1.32. The maximum Gasteiger partial charge on any atom is 0.251 e. The topological polar surface area (TPSA) is 63.6 Å². The van der Waals surface area contributed by atoms with Crippen molar-refractivity contribution in [3.8, 4) is 11.5 Å². The third-order valence-electron chi connectivity index (χ3n) is 2.98. The molecule has 2 aromatic rings. The van der Waals surface area contributed by atoms with Gasteiger partial charge in [-0.05, 0) is 13.8 Å². The molecule has 0 atom stereocenters. The number of aromatic nitrogens is 4. The van der Waals surface area contributed by atoms with Crippen LogP contribution in [-0.2, 0) is 5.41 Å². The Labute approximate surface area is 112 Å². The van der Waals surface area contributed by atoms with E-state index in [0.29, 0.717) is 5.82 Å². The van der Waals surface area contributed by atoms with E-state index in [-0.39, 0.29) is 17.0 Å². The standard InChI is InChI=1S/C14H20N4O/c1-9(2)18-8-15-7-10(18)13-16-11(14(3,4)5)6-12(19)17-13/h6-9H,1-5H3,(H,16,17,19). The fourth-order valence-electron chi connectivity index (χ4n) is 1.86. The van der Waals surface area contributed by atoms with Crippen molar-refractivity contribution in [2.45, 2.75) is 46.1 Å². The van der Waals surface area contributed by atoms with Gasteiger partial charge in [-0.3, -0.25) is 4.79 Å². The van der Waals surface area contributed by atoms with Crippen LogP contribution in [0.2, 0.25) is 0 Å². The predicted octanol–water partition coefficient (Wildman–Crippen LogP) is 2.51. The van der Waals surface area contributed by atoms with Gasteiger partial charge in [0.15, 0.2) is 5.82 Å². The van der Waals surface area contributed by atoms with Crippen LogP contribution in [-0.4, -0.2) is 19.5 Å². The first-order chi connectivity index (χ1) is 8.79. The maximum atomic E-state index is 11.8. The molecule has 5 nitrogen and oxygen atoms in total. The number of H-pyrrole nitrogens is 1. The number of imidazole rings is 1. The molecule has 2 rings (SSSR count). The van der Waals surface area contributed by atoms with Crippen molar-refractivity contribution >= 4 is 0 Å². The summed E-state index contributed by atoms with van der Waals surface area (Å²) in [6, 6.07) is 1.82. The minimum absolute atomic E-state index is 0.133. The highest BCUT2D eigenvalue weighted by atomic mass is 16.1. The van der Waals surface area contributed by atoms with Gasteiger partial charge < -0.3 is 9.55 Å². The van der Waals surface area contributed by atoms with Gasteiger partial charge in [0.2, 0.25) is 0 Å². The second-order valence-electron chi connectivity index (χ2n) is 6.01. The molecule has 2 heterocycles. The third kappa shape index (κ3) is 2.75. The highest BCUT2D eigenvalue weighted by molar-refractivity contribution is 5.48. The Bertz CT molecular complexity index is 631. The van der Waals surface area contributed by atoms with Crippen molar-refractivity contribution in [2.24, 2.45) is 0 Å². The van der Waals surface area contributed by atoms with Crippen molar-refractivity contribution in [3.63, 3.8) is 0 Å². The van der Waals surface area contributed by atoms with E-state index in [2.05, 4.69) is 28.8 Å². The Morgan fingerprint density at radius 2 is 2.00 bits per heavy atom. The van der Waals surface area contributed by atoms with Crippen LogP contribution in [0.1, 0.15) is 46.4 Å².